The number of benzene rings is 3. The van der Waals surface area contributed by atoms with E-state index in [9.17, 15) is 8.42 Å². The van der Waals surface area contributed by atoms with Gasteiger partial charge in [0.25, 0.3) is 0 Å². The third kappa shape index (κ3) is 4.97. The van der Waals surface area contributed by atoms with Crippen LogP contribution in [0.2, 0.25) is 0 Å². The fourth-order valence-electron chi connectivity index (χ4n) is 5.94. The lowest BCUT2D eigenvalue weighted by molar-refractivity contribution is 0.417. The average molecular weight is 598 g/mol. The van der Waals surface area contributed by atoms with E-state index < -0.39 is 10.0 Å². The van der Waals surface area contributed by atoms with Crippen LogP contribution in [0.15, 0.2) is 91.1 Å². The van der Waals surface area contributed by atoms with E-state index in [1.807, 2.05) is 29.2 Å². The van der Waals surface area contributed by atoms with Gasteiger partial charge in [0.15, 0.2) is 5.11 Å². The molecule has 1 aliphatic rings. The van der Waals surface area contributed by atoms with Gasteiger partial charge in [0.1, 0.15) is 5.75 Å². The van der Waals surface area contributed by atoms with Crippen LogP contribution in [0, 0.1) is 13.8 Å². The number of thiocarbonyl (C=S) groups is 1. The summed E-state index contributed by atoms with van der Waals surface area (Å²) in [5, 5.41) is 6.36. The highest BCUT2D eigenvalue weighted by Crippen LogP contribution is 2.45. The van der Waals surface area contributed by atoms with Gasteiger partial charge in [-0.3, -0.25) is 9.71 Å². The van der Waals surface area contributed by atoms with Gasteiger partial charge in [0.05, 0.1) is 42.5 Å². The standard InChI is InChI=1S/C32H31N5O3S2/c1-20-18-25(21(2)36(20)28-14-9-11-22-10-5-6-12-24(22)28)31-30(26-13-7-8-17-33-26)34-32(41)37(31)23-15-16-29(40-3)27(19-23)35-42(4,38)39/h5-19,30-31,35H,1-4H3,(H,34,41)/t30-,31-/m0/s1. The Kier molecular flexibility index (Phi) is 7.12. The smallest absolute Gasteiger partial charge is 0.229 e. The first-order chi connectivity index (χ1) is 20.2. The molecule has 2 atom stereocenters. The monoisotopic (exact) mass is 597 g/mol. The molecule has 42 heavy (non-hydrogen) atoms. The van der Waals surface area contributed by atoms with Gasteiger partial charge < -0.3 is 19.5 Å². The van der Waals surface area contributed by atoms with Gasteiger partial charge in [0, 0.05) is 28.7 Å². The van der Waals surface area contributed by atoms with Crippen molar-refractivity contribution in [3.05, 3.63) is 114 Å². The molecule has 8 nitrogen and oxygen atoms in total. The van der Waals surface area contributed by atoms with Crippen molar-refractivity contribution in [2.75, 3.05) is 23.0 Å². The molecule has 1 aliphatic heterocycles. The van der Waals surface area contributed by atoms with Crippen LogP contribution in [0.5, 0.6) is 5.75 Å². The van der Waals surface area contributed by atoms with Gasteiger partial charge in [-0.05, 0) is 79.5 Å². The lowest BCUT2D eigenvalue weighted by Crippen LogP contribution is -2.29. The molecule has 6 rings (SSSR count). The SMILES string of the molecule is COc1ccc(N2C(=S)N[C@@H](c3ccccn3)[C@@H]2c2cc(C)n(-c3cccc4ccccc34)c2C)cc1NS(C)(=O)=O. The Morgan fingerprint density at radius 2 is 1.74 bits per heavy atom. The van der Waals surface area contributed by atoms with E-state index in [2.05, 4.69) is 82.0 Å². The predicted octanol–water partition coefficient (Wildman–Crippen LogP) is 6.20. The van der Waals surface area contributed by atoms with Crippen LogP contribution in [0.3, 0.4) is 0 Å². The number of pyridine rings is 1. The van der Waals surface area contributed by atoms with Crippen molar-refractivity contribution in [2.45, 2.75) is 25.9 Å². The lowest BCUT2D eigenvalue weighted by atomic mass is 9.96. The second-order valence-corrected chi connectivity index (χ2v) is 12.6. The van der Waals surface area contributed by atoms with Crippen LogP contribution in [0.1, 0.15) is 34.7 Å². The number of hydrogen-bond donors (Lipinski definition) is 2. The summed E-state index contributed by atoms with van der Waals surface area (Å²) in [6.07, 6.45) is 2.89. The van der Waals surface area contributed by atoms with Gasteiger partial charge in [-0.2, -0.15) is 0 Å². The summed E-state index contributed by atoms with van der Waals surface area (Å²) < 4.78 is 34.7. The van der Waals surface area contributed by atoms with E-state index in [4.69, 9.17) is 17.0 Å². The van der Waals surface area contributed by atoms with Crippen molar-refractivity contribution in [3.63, 3.8) is 0 Å². The zero-order valence-corrected chi connectivity index (χ0v) is 25.3. The van der Waals surface area contributed by atoms with Crippen LogP contribution >= 0.6 is 12.2 Å². The van der Waals surface area contributed by atoms with Gasteiger partial charge in [0.2, 0.25) is 10.0 Å². The van der Waals surface area contributed by atoms with Crippen molar-refractivity contribution < 1.29 is 13.2 Å². The number of fused-ring (bicyclic) bond motifs is 1. The molecule has 214 valence electrons. The third-order valence-electron chi connectivity index (χ3n) is 7.65. The molecule has 2 aromatic heterocycles. The summed E-state index contributed by atoms with van der Waals surface area (Å²) in [6.45, 7) is 4.24. The predicted molar refractivity (Wildman–Crippen MR) is 172 cm³/mol. The van der Waals surface area contributed by atoms with Crippen LogP contribution in [0.25, 0.3) is 16.5 Å². The summed E-state index contributed by atoms with van der Waals surface area (Å²) in [6, 6.07) is 27.6. The number of aromatic nitrogens is 2. The second-order valence-electron chi connectivity index (χ2n) is 10.4. The molecule has 10 heteroatoms. The lowest BCUT2D eigenvalue weighted by Gasteiger charge is -2.29. The van der Waals surface area contributed by atoms with E-state index in [0.29, 0.717) is 16.5 Å². The molecule has 0 radical (unpaired) electrons. The Balaban J connectivity index is 1.54. The maximum atomic E-state index is 12.2. The van der Waals surface area contributed by atoms with Crippen molar-refractivity contribution in [2.24, 2.45) is 0 Å². The molecular formula is C32H31N5O3S2. The molecule has 3 aromatic carbocycles. The van der Waals surface area contributed by atoms with E-state index >= 15 is 0 Å². The number of sulfonamides is 1. The molecule has 2 N–H and O–H groups in total. The number of ether oxygens (including phenoxy) is 1. The fourth-order valence-corrected chi connectivity index (χ4v) is 6.84. The second kappa shape index (κ2) is 10.8. The van der Waals surface area contributed by atoms with Gasteiger partial charge in [-0.25, -0.2) is 8.42 Å². The highest BCUT2D eigenvalue weighted by atomic mass is 32.2. The zero-order chi connectivity index (χ0) is 29.6. The molecule has 0 amide bonds. The molecule has 0 bridgehead atoms. The highest BCUT2D eigenvalue weighted by molar-refractivity contribution is 7.92. The number of aryl methyl sites for hydroxylation is 1. The Bertz CT molecular complexity index is 1920. The Hall–Kier alpha value is -4.41. The first kappa shape index (κ1) is 27.7. The molecular weight excluding hydrogens is 567 g/mol. The van der Waals surface area contributed by atoms with Gasteiger partial charge in [-0.1, -0.05) is 42.5 Å². The molecule has 0 spiro atoms. The van der Waals surface area contributed by atoms with Crippen LogP contribution in [-0.4, -0.2) is 36.4 Å². The topological polar surface area (TPSA) is 88.5 Å². The summed E-state index contributed by atoms with van der Waals surface area (Å²) >= 11 is 5.94. The van der Waals surface area contributed by atoms with E-state index in [1.165, 1.54) is 12.5 Å². The van der Waals surface area contributed by atoms with Crippen LogP contribution < -0.4 is 19.7 Å². The normalized spacial score (nSPS) is 17.0. The molecule has 1 saturated heterocycles. The van der Waals surface area contributed by atoms with E-state index in [1.54, 1.807) is 18.3 Å². The van der Waals surface area contributed by atoms with Gasteiger partial charge in [-0.15, -0.1) is 0 Å². The third-order valence-corrected chi connectivity index (χ3v) is 8.56. The maximum Gasteiger partial charge on any atom is 0.229 e. The van der Waals surface area contributed by atoms with E-state index in [0.717, 1.165) is 45.7 Å². The minimum absolute atomic E-state index is 0.256. The number of hydrogen-bond acceptors (Lipinski definition) is 5. The average Bonchev–Trinajstić information content (AvgIpc) is 3.47. The summed E-state index contributed by atoms with van der Waals surface area (Å²) in [5.74, 6) is 0.411. The molecule has 5 aromatic rings. The van der Waals surface area contributed by atoms with Crippen molar-refractivity contribution in [1.29, 1.82) is 0 Å². The summed E-state index contributed by atoms with van der Waals surface area (Å²) in [7, 11) is -2.04. The van der Waals surface area contributed by atoms with Crippen molar-refractivity contribution >= 4 is 49.5 Å². The highest BCUT2D eigenvalue weighted by Gasteiger charge is 2.42. The minimum Gasteiger partial charge on any atom is -0.495 e. The molecule has 3 heterocycles. The first-order valence-corrected chi connectivity index (χ1v) is 15.8. The van der Waals surface area contributed by atoms with Gasteiger partial charge >= 0.3 is 0 Å². The number of anilines is 2. The number of methoxy groups -OCH3 is 1. The minimum atomic E-state index is -3.55. The maximum absolute atomic E-state index is 12.2. The van der Waals surface area contributed by atoms with Crippen molar-refractivity contribution in [3.8, 4) is 11.4 Å². The quantitative estimate of drug-likeness (QED) is 0.216. The molecule has 1 fully saturated rings. The summed E-state index contributed by atoms with van der Waals surface area (Å²) in [4.78, 5) is 6.72. The zero-order valence-electron chi connectivity index (χ0n) is 23.7. The number of rotatable bonds is 7. The molecule has 0 unspecified atom stereocenters. The number of nitrogens with zero attached hydrogens (tertiary/aromatic N) is 3. The first-order valence-electron chi connectivity index (χ1n) is 13.5. The molecule has 0 aliphatic carbocycles. The largest absolute Gasteiger partial charge is 0.495 e. The fraction of sp³-hybridized carbons (Fsp3) is 0.188. The van der Waals surface area contributed by atoms with E-state index in [-0.39, 0.29) is 12.1 Å². The Morgan fingerprint density at radius 3 is 2.48 bits per heavy atom. The Labute approximate surface area is 251 Å². The van der Waals surface area contributed by atoms with Crippen molar-refractivity contribution in [1.82, 2.24) is 14.9 Å². The van der Waals surface area contributed by atoms with Crippen LogP contribution in [-0.2, 0) is 10.0 Å². The summed E-state index contributed by atoms with van der Waals surface area (Å²) in [5.41, 5.74) is 6.26. The molecule has 0 saturated carbocycles. The number of nitrogens with one attached hydrogen (secondary N) is 2. The Morgan fingerprint density at radius 1 is 0.976 bits per heavy atom. The van der Waals surface area contributed by atoms with Crippen LogP contribution in [0.4, 0.5) is 11.4 Å².